The Bertz CT molecular complexity index is 223. The normalized spacial score (nSPS) is 9.56. The predicted octanol–water partition coefficient (Wildman–Crippen LogP) is 0.722. The molecule has 1 heterocycles. The van der Waals surface area contributed by atoms with Crippen molar-refractivity contribution in [2.24, 2.45) is 7.05 Å². The molecule has 0 amide bonds. The van der Waals surface area contributed by atoms with Crippen LogP contribution in [0.2, 0.25) is 0 Å². The van der Waals surface area contributed by atoms with Gasteiger partial charge in [-0.2, -0.15) is 0 Å². The van der Waals surface area contributed by atoms with Crippen molar-refractivity contribution in [3.05, 3.63) is 24.8 Å². The lowest BCUT2D eigenvalue weighted by Gasteiger charge is -1.86. The molecule has 0 fully saturated rings. The Balaban J connectivity index is 3.18. The quantitative estimate of drug-likeness (QED) is 0.487. The predicted molar refractivity (Wildman–Crippen MR) is 36.7 cm³/mol. The summed E-state index contributed by atoms with van der Waals surface area (Å²) in [6, 6.07) is 0. The van der Waals surface area contributed by atoms with Gasteiger partial charge in [-0.3, -0.25) is 0 Å². The summed E-state index contributed by atoms with van der Waals surface area (Å²) in [4.78, 5) is 0. The van der Waals surface area contributed by atoms with Crippen molar-refractivity contribution < 1.29 is 4.57 Å². The molecule has 0 aliphatic rings. The highest BCUT2D eigenvalue weighted by atomic mass is 15.1. The number of rotatable bonds is 1. The number of aromatic nitrogens is 2. The molecule has 0 bridgehead atoms. The van der Waals surface area contributed by atoms with E-state index in [9.17, 15) is 0 Å². The second-order valence-corrected chi connectivity index (χ2v) is 2.05. The van der Waals surface area contributed by atoms with Crippen LogP contribution in [0.1, 0.15) is 5.82 Å². The highest BCUT2D eigenvalue weighted by Crippen LogP contribution is 1.90. The lowest BCUT2D eigenvalue weighted by atomic mass is 10.7. The Morgan fingerprint density at radius 2 is 2.44 bits per heavy atom. The summed E-state index contributed by atoms with van der Waals surface area (Å²) in [5.41, 5.74) is 0. The minimum atomic E-state index is 1.19. The summed E-state index contributed by atoms with van der Waals surface area (Å²) in [6.07, 6.45) is 5.76. The number of hydrogen-bond acceptors (Lipinski definition) is 0. The first-order chi connectivity index (χ1) is 4.25. The maximum atomic E-state index is 3.65. The maximum Gasteiger partial charge on any atom is 0.257 e. The number of nitrogens with zero attached hydrogens (tertiary/aromatic N) is 2. The van der Waals surface area contributed by atoms with Gasteiger partial charge in [0.25, 0.3) is 5.82 Å². The molecular formula is C7H11N2+. The molecule has 1 aromatic heterocycles. The summed E-state index contributed by atoms with van der Waals surface area (Å²) in [5.74, 6) is 1.19. The first-order valence-electron chi connectivity index (χ1n) is 2.91. The zero-order chi connectivity index (χ0) is 6.85. The van der Waals surface area contributed by atoms with Crippen LogP contribution in [0.25, 0.3) is 6.20 Å². The number of aryl methyl sites for hydroxylation is 1. The summed E-state index contributed by atoms with van der Waals surface area (Å²) in [7, 11) is 2.01. The first-order valence-corrected chi connectivity index (χ1v) is 2.91. The molecule has 0 aliphatic carbocycles. The van der Waals surface area contributed by atoms with E-state index in [1.165, 1.54) is 5.82 Å². The molecule has 1 aromatic rings. The van der Waals surface area contributed by atoms with Crippen LogP contribution in [0.5, 0.6) is 0 Å². The van der Waals surface area contributed by atoms with Gasteiger partial charge in [-0.1, -0.05) is 6.58 Å². The molecule has 0 atom stereocenters. The van der Waals surface area contributed by atoms with E-state index >= 15 is 0 Å². The van der Waals surface area contributed by atoms with Gasteiger partial charge < -0.3 is 0 Å². The van der Waals surface area contributed by atoms with E-state index in [0.29, 0.717) is 0 Å². The van der Waals surface area contributed by atoms with Gasteiger partial charge in [0.05, 0.1) is 13.2 Å². The summed E-state index contributed by atoms with van der Waals surface area (Å²) in [6.45, 7) is 5.70. The monoisotopic (exact) mass is 123 g/mol. The second-order valence-electron chi connectivity index (χ2n) is 2.05. The molecule has 2 nitrogen and oxygen atoms in total. The minimum Gasteiger partial charge on any atom is -0.237 e. The van der Waals surface area contributed by atoms with E-state index in [1.807, 2.05) is 35.5 Å². The molecule has 48 valence electrons. The van der Waals surface area contributed by atoms with Crippen LogP contribution in [-0.4, -0.2) is 4.57 Å². The number of hydrogen-bond donors (Lipinski definition) is 0. The van der Waals surface area contributed by atoms with Gasteiger partial charge >= 0.3 is 0 Å². The first kappa shape index (κ1) is 6.08. The van der Waals surface area contributed by atoms with E-state index in [0.717, 1.165) is 0 Å². The van der Waals surface area contributed by atoms with E-state index < -0.39 is 0 Å². The smallest absolute Gasteiger partial charge is 0.237 e. The fourth-order valence-corrected chi connectivity index (χ4v) is 0.763. The van der Waals surface area contributed by atoms with E-state index in [4.69, 9.17) is 0 Å². The Hall–Kier alpha value is -1.05. The molecule has 0 aromatic carbocycles. The van der Waals surface area contributed by atoms with E-state index in [2.05, 4.69) is 6.58 Å². The molecule has 0 saturated carbocycles. The third kappa shape index (κ3) is 0.875. The van der Waals surface area contributed by atoms with Gasteiger partial charge in [-0.15, -0.1) is 0 Å². The number of imidazole rings is 1. The summed E-state index contributed by atoms with van der Waals surface area (Å²) in [5, 5.41) is 0. The van der Waals surface area contributed by atoms with Gasteiger partial charge in [0.2, 0.25) is 0 Å². The van der Waals surface area contributed by atoms with Crippen molar-refractivity contribution in [2.75, 3.05) is 0 Å². The van der Waals surface area contributed by atoms with Crippen molar-refractivity contribution in [2.45, 2.75) is 6.92 Å². The lowest BCUT2D eigenvalue weighted by molar-refractivity contribution is -0.676. The van der Waals surface area contributed by atoms with Gasteiger partial charge in [0.1, 0.15) is 12.4 Å². The molecular weight excluding hydrogens is 112 g/mol. The fraction of sp³-hybridized carbons (Fsp3) is 0.286. The van der Waals surface area contributed by atoms with Crippen molar-refractivity contribution in [3.8, 4) is 0 Å². The van der Waals surface area contributed by atoms with Gasteiger partial charge in [-0.25, -0.2) is 9.13 Å². The van der Waals surface area contributed by atoms with Gasteiger partial charge in [0.15, 0.2) is 0 Å². The maximum absolute atomic E-state index is 3.65. The van der Waals surface area contributed by atoms with E-state index in [1.54, 1.807) is 6.20 Å². The summed E-state index contributed by atoms with van der Waals surface area (Å²) >= 11 is 0. The van der Waals surface area contributed by atoms with Gasteiger partial charge in [-0.05, 0) is 0 Å². The van der Waals surface area contributed by atoms with Crippen LogP contribution >= 0.6 is 0 Å². The van der Waals surface area contributed by atoms with Crippen LogP contribution in [0.4, 0.5) is 0 Å². The standard InChI is InChI=1S/C7H11N2/c1-4-9-6-5-8(3)7(9)2/h4-6H,1H2,2-3H3/q+1. The Kier molecular flexibility index (Phi) is 1.39. The molecule has 0 N–H and O–H groups in total. The fourth-order valence-electron chi connectivity index (χ4n) is 0.763. The molecule has 0 spiro atoms. The minimum absolute atomic E-state index is 1.19. The average Bonchev–Trinajstić information content (AvgIpc) is 2.15. The highest BCUT2D eigenvalue weighted by Gasteiger charge is 2.02. The van der Waals surface area contributed by atoms with Crippen molar-refractivity contribution in [1.29, 1.82) is 0 Å². The van der Waals surface area contributed by atoms with Crippen LogP contribution < -0.4 is 4.57 Å². The Morgan fingerprint density at radius 3 is 2.67 bits per heavy atom. The molecule has 0 saturated heterocycles. The van der Waals surface area contributed by atoms with Gasteiger partial charge in [0, 0.05) is 6.92 Å². The molecule has 9 heavy (non-hydrogen) atoms. The van der Waals surface area contributed by atoms with Crippen LogP contribution in [0, 0.1) is 6.92 Å². The summed E-state index contributed by atoms with van der Waals surface area (Å²) < 4.78 is 4.02. The topological polar surface area (TPSA) is 8.81 Å². The average molecular weight is 123 g/mol. The van der Waals surface area contributed by atoms with Crippen molar-refractivity contribution >= 4 is 6.20 Å². The third-order valence-electron chi connectivity index (χ3n) is 1.53. The van der Waals surface area contributed by atoms with Crippen molar-refractivity contribution in [1.82, 2.24) is 4.57 Å². The highest BCUT2D eigenvalue weighted by molar-refractivity contribution is 5.16. The Labute approximate surface area is 55.1 Å². The molecule has 0 aliphatic heterocycles. The zero-order valence-corrected chi connectivity index (χ0v) is 5.83. The molecule has 0 unspecified atom stereocenters. The van der Waals surface area contributed by atoms with Crippen molar-refractivity contribution in [3.63, 3.8) is 0 Å². The van der Waals surface area contributed by atoms with Crippen LogP contribution in [0.15, 0.2) is 19.0 Å². The zero-order valence-electron chi connectivity index (χ0n) is 5.83. The SMILES string of the molecule is C=Cn1cc[n+](C)c1C. The van der Waals surface area contributed by atoms with E-state index in [-0.39, 0.29) is 0 Å². The molecule has 0 radical (unpaired) electrons. The second kappa shape index (κ2) is 2.05. The molecule has 1 rings (SSSR count). The Morgan fingerprint density at radius 1 is 1.78 bits per heavy atom. The third-order valence-corrected chi connectivity index (χ3v) is 1.53. The molecule has 2 heteroatoms. The van der Waals surface area contributed by atoms with Crippen LogP contribution in [-0.2, 0) is 7.05 Å². The lowest BCUT2D eigenvalue weighted by Crippen LogP contribution is -2.28. The largest absolute Gasteiger partial charge is 0.257 e. The van der Waals surface area contributed by atoms with Crippen LogP contribution in [0.3, 0.4) is 0 Å².